The summed E-state index contributed by atoms with van der Waals surface area (Å²) in [5, 5.41) is 0. The van der Waals surface area contributed by atoms with Crippen molar-refractivity contribution in [3.63, 3.8) is 0 Å². The van der Waals surface area contributed by atoms with E-state index in [-0.39, 0.29) is 0 Å². The summed E-state index contributed by atoms with van der Waals surface area (Å²) in [4.78, 5) is 9.36. The maximum Gasteiger partial charge on any atom is 0.0717 e. The van der Waals surface area contributed by atoms with E-state index < -0.39 is 0 Å². The lowest BCUT2D eigenvalue weighted by molar-refractivity contribution is 0.607. The van der Waals surface area contributed by atoms with Crippen LogP contribution in [0.3, 0.4) is 0 Å². The summed E-state index contributed by atoms with van der Waals surface area (Å²) in [6, 6.07) is 17.6. The van der Waals surface area contributed by atoms with Crippen LogP contribution in [-0.4, -0.2) is 9.97 Å². The zero-order chi connectivity index (χ0) is 22.4. The Morgan fingerprint density at radius 1 is 0.500 bits per heavy atom. The normalized spacial score (nSPS) is 11.1. The molecule has 0 spiro atoms. The Balaban J connectivity index is 1.50. The lowest BCUT2D eigenvalue weighted by Gasteiger charge is -2.07. The average molecular weight is 429 g/mol. The summed E-state index contributed by atoms with van der Waals surface area (Å²) < 4.78 is 0. The molecule has 2 heteroatoms. The fraction of sp³-hybridized carbons (Fsp3) is 0.467. The number of aryl methyl sites for hydroxylation is 2. The first-order valence-electron chi connectivity index (χ1n) is 12.8. The number of rotatable bonds is 14. The van der Waals surface area contributed by atoms with Gasteiger partial charge in [0.25, 0.3) is 0 Å². The summed E-state index contributed by atoms with van der Waals surface area (Å²) in [6.45, 7) is 4.52. The number of hydrogen-bond donors (Lipinski definition) is 0. The second-order valence-corrected chi connectivity index (χ2v) is 9.00. The second-order valence-electron chi connectivity index (χ2n) is 9.00. The van der Waals surface area contributed by atoms with Gasteiger partial charge in [0, 0.05) is 29.2 Å². The molecule has 0 saturated carbocycles. The molecule has 2 aromatic heterocycles. The van der Waals surface area contributed by atoms with Gasteiger partial charge in [-0.15, -0.1) is 0 Å². The molecule has 0 N–H and O–H groups in total. The number of unbranched alkanes of at least 4 members (excludes halogenated alkanes) is 8. The summed E-state index contributed by atoms with van der Waals surface area (Å²) in [6.07, 6.45) is 19.4. The fourth-order valence-electron chi connectivity index (χ4n) is 4.17. The molecule has 2 nitrogen and oxygen atoms in total. The minimum atomic E-state index is 0.985. The van der Waals surface area contributed by atoms with Crippen molar-refractivity contribution in [3.05, 3.63) is 72.2 Å². The Bertz CT molecular complexity index is 880. The van der Waals surface area contributed by atoms with Gasteiger partial charge in [0.2, 0.25) is 0 Å². The summed E-state index contributed by atoms with van der Waals surface area (Å²) in [7, 11) is 0. The SMILES string of the molecule is CCCCCCCCc1ccc(-c2ccc(-c3ccc(CCCCCC)nc3)nc2)cc1. The van der Waals surface area contributed by atoms with E-state index in [1.807, 2.05) is 12.4 Å². The van der Waals surface area contributed by atoms with Gasteiger partial charge in [-0.2, -0.15) is 0 Å². The molecular weight excluding hydrogens is 388 g/mol. The van der Waals surface area contributed by atoms with Crippen molar-refractivity contribution in [1.29, 1.82) is 0 Å². The molecule has 3 rings (SSSR count). The van der Waals surface area contributed by atoms with E-state index in [0.29, 0.717) is 0 Å². The molecular formula is C30H40N2. The van der Waals surface area contributed by atoms with E-state index in [1.165, 1.54) is 93.0 Å². The molecule has 0 unspecified atom stereocenters. The van der Waals surface area contributed by atoms with Gasteiger partial charge in [0.1, 0.15) is 0 Å². The molecule has 32 heavy (non-hydrogen) atoms. The third kappa shape index (κ3) is 7.89. The molecule has 0 aliphatic carbocycles. The van der Waals surface area contributed by atoms with Crippen molar-refractivity contribution in [2.24, 2.45) is 0 Å². The molecule has 1 aromatic carbocycles. The standard InChI is InChI=1S/C30H40N2/c1-3-5-7-9-10-11-13-25-15-17-26(18-16-25)27-20-22-30(32-23-27)28-19-21-29(31-24-28)14-12-8-6-4-2/h15-24H,3-14H2,1-2H3. The quantitative estimate of drug-likeness (QED) is 0.240. The summed E-state index contributed by atoms with van der Waals surface area (Å²) in [5.41, 5.74) is 7.09. The van der Waals surface area contributed by atoms with Crippen LogP contribution >= 0.6 is 0 Å². The highest BCUT2D eigenvalue weighted by molar-refractivity contribution is 5.66. The Kier molecular flexibility index (Phi) is 10.4. The van der Waals surface area contributed by atoms with E-state index in [2.05, 4.69) is 67.4 Å². The number of nitrogens with zero attached hydrogens (tertiary/aromatic N) is 2. The molecule has 2 heterocycles. The van der Waals surface area contributed by atoms with Gasteiger partial charge in [-0.3, -0.25) is 9.97 Å². The van der Waals surface area contributed by atoms with Crippen LogP contribution in [0.5, 0.6) is 0 Å². The lowest BCUT2D eigenvalue weighted by atomic mass is 10.0. The molecule has 0 atom stereocenters. The van der Waals surface area contributed by atoms with E-state index >= 15 is 0 Å². The zero-order valence-electron chi connectivity index (χ0n) is 20.2. The largest absolute Gasteiger partial charge is 0.261 e. The van der Waals surface area contributed by atoms with E-state index in [1.54, 1.807) is 0 Å². The average Bonchev–Trinajstić information content (AvgIpc) is 2.85. The predicted molar refractivity (Wildman–Crippen MR) is 138 cm³/mol. The van der Waals surface area contributed by atoms with Gasteiger partial charge < -0.3 is 0 Å². The monoisotopic (exact) mass is 428 g/mol. The summed E-state index contributed by atoms with van der Waals surface area (Å²) in [5.74, 6) is 0. The molecule has 0 radical (unpaired) electrons. The van der Waals surface area contributed by atoms with Gasteiger partial charge in [0.15, 0.2) is 0 Å². The molecule has 170 valence electrons. The van der Waals surface area contributed by atoms with Crippen molar-refractivity contribution in [2.45, 2.75) is 90.9 Å². The van der Waals surface area contributed by atoms with Crippen LogP contribution in [0.2, 0.25) is 0 Å². The molecule has 0 bridgehead atoms. The first kappa shape index (κ1) is 24.2. The van der Waals surface area contributed by atoms with Gasteiger partial charge in [-0.1, -0.05) is 95.5 Å². The first-order chi connectivity index (χ1) is 15.8. The number of aromatic nitrogens is 2. The molecule has 0 amide bonds. The number of pyridine rings is 2. The van der Waals surface area contributed by atoms with Crippen molar-refractivity contribution < 1.29 is 0 Å². The predicted octanol–water partition coefficient (Wildman–Crippen LogP) is 8.84. The maximum absolute atomic E-state index is 4.71. The van der Waals surface area contributed by atoms with Crippen molar-refractivity contribution in [1.82, 2.24) is 9.97 Å². The van der Waals surface area contributed by atoms with Crippen molar-refractivity contribution >= 4 is 0 Å². The Labute approximate surface area is 195 Å². The molecule has 0 fully saturated rings. The highest BCUT2D eigenvalue weighted by Crippen LogP contribution is 2.23. The lowest BCUT2D eigenvalue weighted by Crippen LogP contribution is -1.92. The van der Waals surface area contributed by atoms with Gasteiger partial charge in [-0.25, -0.2) is 0 Å². The van der Waals surface area contributed by atoms with Crippen molar-refractivity contribution in [3.8, 4) is 22.4 Å². The maximum atomic E-state index is 4.71. The Morgan fingerprint density at radius 3 is 1.75 bits per heavy atom. The zero-order valence-corrected chi connectivity index (χ0v) is 20.2. The van der Waals surface area contributed by atoms with Crippen LogP contribution in [0.4, 0.5) is 0 Å². The van der Waals surface area contributed by atoms with Crippen LogP contribution in [0.15, 0.2) is 60.9 Å². The number of benzene rings is 1. The molecule has 0 aliphatic heterocycles. The van der Waals surface area contributed by atoms with Gasteiger partial charge >= 0.3 is 0 Å². The smallest absolute Gasteiger partial charge is 0.0717 e. The Hall–Kier alpha value is -2.48. The van der Waals surface area contributed by atoms with Crippen LogP contribution in [0, 0.1) is 0 Å². The molecule has 3 aromatic rings. The highest BCUT2D eigenvalue weighted by Gasteiger charge is 2.04. The van der Waals surface area contributed by atoms with Crippen LogP contribution in [0.1, 0.15) is 89.3 Å². The van der Waals surface area contributed by atoms with Crippen LogP contribution in [-0.2, 0) is 12.8 Å². The second kappa shape index (κ2) is 13.8. The molecule has 0 aliphatic rings. The van der Waals surface area contributed by atoms with Gasteiger partial charge in [-0.05, 0) is 55.0 Å². The minimum Gasteiger partial charge on any atom is -0.261 e. The van der Waals surface area contributed by atoms with Gasteiger partial charge in [0.05, 0.1) is 5.69 Å². The van der Waals surface area contributed by atoms with E-state index in [0.717, 1.165) is 17.7 Å². The van der Waals surface area contributed by atoms with Crippen LogP contribution < -0.4 is 0 Å². The highest BCUT2D eigenvalue weighted by atomic mass is 14.7. The minimum absolute atomic E-state index is 0.985. The Morgan fingerprint density at radius 2 is 1.09 bits per heavy atom. The first-order valence-corrected chi connectivity index (χ1v) is 12.8. The topological polar surface area (TPSA) is 25.8 Å². The van der Waals surface area contributed by atoms with Crippen molar-refractivity contribution in [2.75, 3.05) is 0 Å². The van der Waals surface area contributed by atoms with E-state index in [9.17, 15) is 0 Å². The third-order valence-electron chi connectivity index (χ3n) is 6.28. The number of hydrogen-bond acceptors (Lipinski definition) is 2. The fourth-order valence-corrected chi connectivity index (χ4v) is 4.17. The van der Waals surface area contributed by atoms with E-state index in [4.69, 9.17) is 4.98 Å². The summed E-state index contributed by atoms with van der Waals surface area (Å²) >= 11 is 0. The van der Waals surface area contributed by atoms with Crippen LogP contribution in [0.25, 0.3) is 22.4 Å². The third-order valence-corrected chi connectivity index (χ3v) is 6.28. The molecule has 0 saturated heterocycles.